The summed E-state index contributed by atoms with van der Waals surface area (Å²) < 4.78 is 5.60. The summed E-state index contributed by atoms with van der Waals surface area (Å²) in [6.45, 7) is 7.62. The zero-order chi connectivity index (χ0) is 13.5. The van der Waals surface area contributed by atoms with E-state index < -0.39 is 0 Å². The van der Waals surface area contributed by atoms with Crippen molar-refractivity contribution in [1.82, 2.24) is 10.6 Å². The van der Waals surface area contributed by atoms with Crippen LogP contribution in [0.1, 0.15) is 50.9 Å². The summed E-state index contributed by atoms with van der Waals surface area (Å²) in [5.41, 5.74) is 1.33. The van der Waals surface area contributed by atoms with Gasteiger partial charge in [-0.3, -0.25) is 0 Å². The van der Waals surface area contributed by atoms with Gasteiger partial charge in [0.05, 0.1) is 6.26 Å². The van der Waals surface area contributed by atoms with Gasteiger partial charge in [0.1, 0.15) is 5.76 Å². The molecular formula is C16H28N2O. The van der Waals surface area contributed by atoms with Crippen LogP contribution in [0.4, 0.5) is 0 Å². The van der Waals surface area contributed by atoms with Gasteiger partial charge in [-0.1, -0.05) is 13.8 Å². The maximum absolute atomic E-state index is 5.60. The van der Waals surface area contributed by atoms with E-state index >= 15 is 0 Å². The van der Waals surface area contributed by atoms with E-state index in [-0.39, 0.29) is 0 Å². The van der Waals surface area contributed by atoms with Crippen LogP contribution < -0.4 is 10.6 Å². The fraction of sp³-hybridized carbons (Fsp3) is 0.750. The van der Waals surface area contributed by atoms with E-state index in [0.29, 0.717) is 5.92 Å². The second kappa shape index (κ2) is 7.71. The molecule has 0 aromatic carbocycles. The fourth-order valence-corrected chi connectivity index (χ4v) is 2.24. The Bertz CT molecular complexity index is 355. The zero-order valence-electron chi connectivity index (χ0n) is 12.4. The lowest BCUT2D eigenvalue weighted by Gasteiger charge is -2.07. The summed E-state index contributed by atoms with van der Waals surface area (Å²) in [4.78, 5) is 0. The van der Waals surface area contributed by atoms with Crippen molar-refractivity contribution in [3.8, 4) is 0 Å². The Balaban J connectivity index is 1.60. The van der Waals surface area contributed by atoms with Crippen LogP contribution >= 0.6 is 0 Å². The predicted molar refractivity (Wildman–Crippen MR) is 79.2 cm³/mol. The highest BCUT2D eigenvalue weighted by Gasteiger charge is 2.19. The molecule has 1 aliphatic rings. The molecule has 2 rings (SSSR count). The van der Waals surface area contributed by atoms with Crippen LogP contribution in [0, 0.1) is 5.92 Å². The second-order valence-electron chi connectivity index (χ2n) is 6.08. The average molecular weight is 264 g/mol. The maximum Gasteiger partial charge on any atom is 0.108 e. The molecular weight excluding hydrogens is 236 g/mol. The summed E-state index contributed by atoms with van der Waals surface area (Å²) in [6.07, 6.45) is 8.11. The first-order valence-corrected chi connectivity index (χ1v) is 7.75. The average Bonchev–Trinajstić information content (AvgIpc) is 3.09. The monoisotopic (exact) mass is 264 g/mol. The molecule has 0 unspecified atom stereocenters. The zero-order valence-corrected chi connectivity index (χ0v) is 12.4. The van der Waals surface area contributed by atoms with Crippen molar-refractivity contribution in [3.05, 3.63) is 23.7 Å². The SMILES string of the molecule is CC(C)CNCc1ccoc1CCCCNC1CC1. The van der Waals surface area contributed by atoms with Crippen molar-refractivity contribution in [2.75, 3.05) is 13.1 Å². The lowest BCUT2D eigenvalue weighted by Crippen LogP contribution is -2.19. The van der Waals surface area contributed by atoms with Gasteiger partial charge in [0.15, 0.2) is 0 Å². The Morgan fingerprint density at radius 1 is 1.32 bits per heavy atom. The molecule has 0 atom stereocenters. The maximum atomic E-state index is 5.60. The van der Waals surface area contributed by atoms with Gasteiger partial charge in [-0.05, 0) is 50.8 Å². The molecule has 1 aliphatic carbocycles. The molecule has 0 radical (unpaired) electrons. The van der Waals surface area contributed by atoms with Gasteiger partial charge in [-0.2, -0.15) is 0 Å². The van der Waals surface area contributed by atoms with Gasteiger partial charge >= 0.3 is 0 Å². The summed E-state index contributed by atoms with van der Waals surface area (Å²) >= 11 is 0. The van der Waals surface area contributed by atoms with Gasteiger partial charge < -0.3 is 15.1 Å². The third kappa shape index (κ3) is 5.79. The van der Waals surface area contributed by atoms with Crippen molar-refractivity contribution >= 4 is 0 Å². The molecule has 19 heavy (non-hydrogen) atoms. The molecule has 3 heteroatoms. The lowest BCUT2D eigenvalue weighted by atomic mass is 10.1. The quantitative estimate of drug-likeness (QED) is 0.638. The number of nitrogens with one attached hydrogen (secondary N) is 2. The molecule has 1 heterocycles. The van der Waals surface area contributed by atoms with Crippen LogP contribution in [0.5, 0.6) is 0 Å². The Labute approximate surface area is 117 Å². The van der Waals surface area contributed by atoms with Gasteiger partial charge in [0.2, 0.25) is 0 Å². The van der Waals surface area contributed by atoms with Gasteiger partial charge in [0.25, 0.3) is 0 Å². The Kier molecular flexibility index (Phi) is 5.93. The van der Waals surface area contributed by atoms with Crippen molar-refractivity contribution < 1.29 is 4.42 Å². The van der Waals surface area contributed by atoms with Gasteiger partial charge in [-0.15, -0.1) is 0 Å². The number of hydrogen-bond donors (Lipinski definition) is 2. The molecule has 1 saturated carbocycles. The molecule has 0 amide bonds. The van der Waals surface area contributed by atoms with Crippen LogP contribution in [0.3, 0.4) is 0 Å². The van der Waals surface area contributed by atoms with Crippen molar-refractivity contribution in [2.24, 2.45) is 5.92 Å². The van der Waals surface area contributed by atoms with E-state index in [2.05, 4.69) is 30.5 Å². The number of furan rings is 1. The Morgan fingerprint density at radius 2 is 2.16 bits per heavy atom. The molecule has 3 nitrogen and oxygen atoms in total. The lowest BCUT2D eigenvalue weighted by molar-refractivity contribution is 0.483. The molecule has 0 bridgehead atoms. The van der Waals surface area contributed by atoms with Crippen molar-refractivity contribution in [2.45, 2.75) is 58.5 Å². The minimum Gasteiger partial charge on any atom is -0.469 e. The first kappa shape index (κ1) is 14.6. The second-order valence-corrected chi connectivity index (χ2v) is 6.08. The predicted octanol–water partition coefficient (Wildman–Crippen LogP) is 3.10. The molecule has 0 saturated heterocycles. The molecule has 108 valence electrons. The summed E-state index contributed by atoms with van der Waals surface area (Å²) in [5.74, 6) is 1.87. The van der Waals surface area contributed by atoms with Crippen LogP contribution in [0.2, 0.25) is 0 Å². The summed E-state index contributed by atoms with van der Waals surface area (Å²) in [6, 6.07) is 2.94. The molecule has 1 aromatic rings. The largest absolute Gasteiger partial charge is 0.469 e. The van der Waals surface area contributed by atoms with E-state index in [9.17, 15) is 0 Å². The number of aryl methyl sites for hydroxylation is 1. The highest BCUT2D eigenvalue weighted by Crippen LogP contribution is 2.18. The third-order valence-corrected chi connectivity index (χ3v) is 3.55. The van der Waals surface area contributed by atoms with E-state index in [1.807, 2.05) is 6.26 Å². The fourth-order valence-electron chi connectivity index (χ4n) is 2.24. The minimum absolute atomic E-state index is 0.698. The third-order valence-electron chi connectivity index (χ3n) is 3.55. The van der Waals surface area contributed by atoms with Gasteiger partial charge in [-0.25, -0.2) is 0 Å². The van der Waals surface area contributed by atoms with E-state index in [1.165, 1.54) is 37.0 Å². The molecule has 1 fully saturated rings. The topological polar surface area (TPSA) is 37.2 Å². The van der Waals surface area contributed by atoms with Crippen LogP contribution in [-0.4, -0.2) is 19.1 Å². The van der Waals surface area contributed by atoms with Crippen molar-refractivity contribution in [3.63, 3.8) is 0 Å². The number of unbranched alkanes of at least 4 members (excludes halogenated alkanes) is 1. The summed E-state index contributed by atoms with van der Waals surface area (Å²) in [5, 5.41) is 7.04. The smallest absolute Gasteiger partial charge is 0.108 e. The van der Waals surface area contributed by atoms with Crippen molar-refractivity contribution in [1.29, 1.82) is 0 Å². The van der Waals surface area contributed by atoms with Crippen LogP contribution in [0.25, 0.3) is 0 Å². The molecule has 2 N–H and O–H groups in total. The van der Waals surface area contributed by atoms with Gasteiger partial charge in [0, 0.05) is 24.6 Å². The number of hydrogen-bond acceptors (Lipinski definition) is 3. The van der Waals surface area contributed by atoms with E-state index in [0.717, 1.165) is 32.1 Å². The van der Waals surface area contributed by atoms with E-state index in [4.69, 9.17) is 4.42 Å². The summed E-state index contributed by atoms with van der Waals surface area (Å²) in [7, 11) is 0. The normalized spacial score (nSPS) is 15.3. The Morgan fingerprint density at radius 3 is 2.89 bits per heavy atom. The van der Waals surface area contributed by atoms with Crippen LogP contribution in [-0.2, 0) is 13.0 Å². The highest BCUT2D eigenvalue weighted by molar-refractivity contribution is 5.16. The van der Waals surface area contributed by atoms with Crippen LogP contribution in [0.15, 0.2) is 16.7 Å². The number of rotatable bonds is 10. The molecule has 0 spiro atoms. The first-order chi connectivity index (χ1) is 9.25. The highest BCUT2D eigenvalue weighted by atomic mass is 16.3. The first-order valence-electron chi connectivity index (χ1n) is 7.75. The molecule has 0 aliphatic heterocycles. The van der Waals surface area contributed by atoms with E-state index in [1.54, 1.807) is 0 Å². The standard InChI is InChI=1S/C16H28N2O/c1-13(2)11-17-12-14-8-10-19-16(14)5-3-4-9-18-15-6-7-15/h8,10,13,15,17-18H,3-7,9,11-12H2,1-2H3. The molecule has 1 aromatic heterocycles. The minimum atomic E-state index is 0.698. The Hall–Kier alpha value is -0.800.